The fourth-order valence-corrected chi connectivity index (χ4v) is 3.00. The van der Waals surface area contributed by atoms with Crippen LogP contribution >= 0.6 is 0 Å². The summed E-state index contributed by atoms with van der Waals surface area (Å²) >= 11 is 0. The van der Waals surface area contributed by atoms with E-state index >= 15 is 0 Å². The molecule has 0 spiro atoms. The molecule has 1 atom stereocenters. The Morgan fingerprint density at radius 2 is 1.83 bits per heavy atom. The highest BCUT2D eigenvalue weighted by atomic mass is 16.2. The van der Waals surface area contributed by atoms with Gasteiger partial charge < -0.3 is 4.90 Å². The largest absolute Gasteiger partial charge is 0.337 e. The first-order valence-electron chi connectivity index (χ1n) is 8.40. The molecule has 0 radical (unpaired) electrons. The van der Waals surface area contributed by atoms with Crippen LogP contribution < -0.4 is 0 Å². The fraction of sp³-hybridized carbons (Fsp3) is 0.300. The van der Waals surface area contributed by atoms with Gasteiger partial charge in [-0.05, 0) is 30.2 Å². The Balaban J connectivity index is 1.53. The van der Waals surface area contributed by atoms with Gasteiger partial charge in [-0.15, -0.1) is 0 Å². The van der Waals surface area contributed by atoms with Gasteiger partial charge in [0, 0.05) is 50.7 Å². The van der Waals surface area contributed by atoms with E-state index in [9.17, 15) is 4.79 Å². The van der Waals surface area contributed by atoms with Gasteiger partial charge in [0.25, 0.3) is 0 Å². The molecular formula is C20H23N3O. The number of pyridine rings is 1. The Labute approximate surface area is 143 Å². The third-order valence-corrected chi connectivity index (χ3v) is 4.56. The van der Waals surface area contributed by atoms with Gasteiger partial charge in [0.1, 0.15) is 0 Å². The Bertz CT molecular complexity index is 677. The van der Waals surface area contributed by atoms with Gasteiger partial charge in [0.05, 0.1) is 0 Å². The molecule has 0 saturated carbocycles. The van der Waals surface area contributed by atoms with Crippen LogP contribution in [0.5, 0.6) is 0 Å². The predicted octanol–water partition coefficient (Wildman–Crippen LogP) is 3.00. The zero-order valence-electron chi connectivity index (χ0n) is 14.0. The SMILES string of the molecule is C[C@H](c1cccnc1)N1CCN(C(=O)/C=C\c2ccccc2)CC1. The first-order valence-corrected chi connectivity index (χ1v) is 8.40. The molecule has 2 heterocycles. The van der Waals surface area contributed by atoms with E-state index in [0.29, 0.717) is 6.04 Å². The zero-order valence-corrected chi connectivity index (χ0v) is 14.0. The first kappa shape index (κ1) is 16.4. The van der Waals surface area contributed by atoms with Crippen molar-refractivity contribution in [3.8, 4) is 0 Å². The van der Waals surface area contributed by atoms with Crippen molar-refractivity contribution in [1.82, 2.24) is 14.8 Å². The van der Waals surface area contributed by atoms with Gasteiger partial charge in [-0.1, -0.05) is 36.4 Å². The lowest BCUT2D eigenvalue weighted by molar-refractivity contribution is -0.127. The van der Waals surface area contributed by atoms with Crippen LogP contribution in [0, 0.1) is 0 Å². The summed E-state index contributed by atoms with van der Waals surface area (Å²) in [4.78, 5) is 20.9. The third-order valence-electron chi connectivity index (χ3n) is 4.56. The van der Waals surface area contributed by atoms with E-state index in [-0.39, 0.29) is 5.91 Å². The number of carbonyl (C=O) groups is 1. The average Bonchev–Trinajstić information content (AvgIpc) is 2.67. The summed E-state index contributed by atoms with van der Waals surface area (Å²) in [5.74, 6) is 0.0903. The van der Waals surface area contributed by atoms with E-state index in [4.69, 9.17) is 0 Å². The van der Waals surface area contributed by atoms with Crippen LogP contribution in [0.4, 0.5) is 0 Å². The van der Waals surface area contributed by atoms with Gasteiger partial charge in [-0.2, -0.15) is 0 Å². The molecule has 0 N–H and O–H groups in total. The number of hydrogen-bond acceptors (Lipinski definition) is 3. The maximum absolute atomic E-state index is 12.3. The van der Waals surface area contributed by atoms with E-state index in [0.717, 1.165) is 31.7 Å². The molecule has 0 aliphatic carbocycles. The molecule has 1 amide bonds. The first-order chi connectivity index (χ1) is 11.7. The van der Waals surface area contributed by atoms with Crippen molar-refractivity contribution in [1.29, 1.82) is 0 Å². The van der Waals surface area contributed by atoms with Crippen molar-refractivity contribution in [3.63, 3.8) is 0 Å². The van der Waals surface area contributed by atoms with Crippen LogP contribution in [0.2, 0.25) is 0 Å². The molecule has 3 rings (SSSR count). The molecule has 1 fully saturated rings. The van der Waals surface area contributed by atoms with Crippen LogP contribution in [0.3, 0.4) is 0 Å². The Kier molecular flexibility index (Phi) is 5.39. The summed E-state index contributed by atoms with van der Waals surface area (Å²) < 4.78 is 0. The monoisotopic (exact) mass is 321 g/mol. The Hall–Kier alpha value is -2.46. The minimum absolute atomic E-state index is 0.0903. The number of benzene rings is 1. The summed E-state index contributed by atoms with van der Waals surface area (Å²) in [5, 5.41) is 0. The minimum Gasteiger partial charge on any atom is -0.337 e. The van der Waals surface area contributed by atoms with Gasteiger partial charge >= 0.3 is 0 Å². The van der Waals surface area contributed by atoms with E-state index in [1.165, 1.54) is 5.56 Å². The van der Waals surface area contributed by atoms with Crippen LogP contribution in [-0.4, -0.2) is 46.9 Å². The highest BCUT2D eigenvalue weighted by Crippen LogP contribution is 2.20. The van der Waals surface area contributed by atoms with Gasteiger partial charge in [-0.25, -0.2) is 0 Å². The molecule has 1 aromatic carbocycles. The summed E-state index contributed by atoms with van der Waals surface area (Å²) in [7, 11) is 0. The second-order valence-corrected chi connectivity index (χ2v) is 6.07. The molecule has 4 heteroatoms. The summed E-state index contributed by atoms with van der Waals surface area (Å²) in [5.41, 5.74) is 2.27. The molecule has 1 saturated heterocycles. The number of amides is 1. The standard InChI is InChI=1S/C20H23N3O/c1-17(19-8-5-11-21-16-19)22-12-14-23(15-13-22)20(24)10-9-18-6-3-2-4-7-18/h2-11,16-17H,12-15H2,1H3/b10-9-/t17-/m1/s1. The summed E-state index contributed by atoms with van der Waals surface area (Å²) in [6.07, 6.45) is 7.28. The smallest absolute Gasteiger partial charge is 0.246 e. The molecule has 1 aromatic heterocycles. The topological polar surface area (TPSA) is 36.4 Å². The lowest BCUT2D eigenvalue weighted by Crippen LogP contribution is -2.48. The maximum Gasteiger partial charge on any atom is 0.246 e. The number of rotatable bonds is 4. The molecule has 0 bridgehead atoms. The van der Waals surface area contributed by atoms with E-state index in [1.54, 1.807) is 12.3 Å². The minimum atomic E-state index is 0.0903. The quantitative estimate of drug-likeness (QED) is 0.812. The molecular weight excluding hydrogens is 298 g/mol. The lowest BCUT2D eigenvalue weighted by Gasteiger charge is -2.37. The Morgan fingerprint density at radius 1 is 1.08 bits per heavy atom. The van der Waals surface area contributed by atoms with Crippen LogP contribution in [-0.2, 0) is 4.79 Å². The lowest BCUT2D eigenvalue weighted by atomic mass is 10.1. The zero-order chi connectivity index (χ0) is 16.8. The molecule has 4 nitrogen and oxygen atoms in total. The van der Waals surface area contributed by atoms with Gasteiger partial charge in [-0.3, -0.25) is 14.7 Å². The number of hydrogen-bond donors (Lipinski definition) is 0. The van der Waals surface area contributed by atoms with Crippen molar-refractivity contribution in [2.75, 3.05) is 26.2 Å². The van der Waals surface area contributed by atoms with Crippen molar-refractivity contribution >= 4 is 12.0 Å². The van der Waals surface area contributed by atoms with Crippen LogP contribution in [0.15, 0.2) is 60.9 Å². The molecule has 0 unspecified atom stereocenters. The second kappa shape index (κ2) is 7.88. The van der Waals surface area contributed by atoms with E-state index in [1.807, 2.05) is 53.6 Å². The van der Waals surface area contributed by atoms with Crippen LogP contribution in [0.25, 0.3) is 6.08 Å². The van der Waals surface area contributed by atoms with Crippen molar-refractivity contribution in [3.05, 3.63) is 72.1 Å². The normalized spacial score (nSPS) is 17.1. The molecule has 2 aromatic rings. The number of carbonyl (C=O) groups excluding carboxylic acids is 1. The molecule has 1 aliphatic rings. The van der Waals surface area contributed by atoms with E-state index in [2.05, 4.69) is 22.9 Å². The van der Waals surface area contributed by atoms with Gasteiger partial charge in [0.15, 0.2) is 0 Å². The summed E-state index contributed by atoms with van der Waals surface area (Å²) in [6, 6.07) is 14.3. The number of aromatic nitrogens is 1. The van der Waals surface area contributed by atoms with Crippen molar-refractivity contribution in [2.24, 2.45) is 0 Å². The summed E-state index contributed by atoms with van der Waals surface area (Å²) in [6.45, 7) is 5.51. The third kappa shape index (κ3) is 4.09. The number of piperazine rings is 1. The van der Waals surface area contributed by atoms with Crippen LogP contribution in [0.1, 0.15) is 24.1 Å². The molecule has 1 aliphatic heterocycles. The fourth-order valence-electron chi connectivity index (χ4n) is 3.00. The second-order valence-electron chi connectivity index (χ2n) is 6.07. The Morgan fingerprint density at radius 3 is 2.50 bits per heavy atom. The molecule has 24 heavy (non-hydrogen) atoms. The predicted molar refractivity (Wildman–Crippen MR) is 96.3 cm³/mol. The highest BCUT2D eigenvalue weighted by Gasteiger charge is 2.23. The van der Waals surface area contributed by atoms with Gasteiger partial charge in [0.2, 0.25) is 5.91 Å². The van der Waals surface area contributed by atoms with E-state index < -0.39 is 0 Å². The van der Waals surface area contributed by atoms with Crippen molar-refractivity contribution < 1.29 is 4.79 Å². The maximum atomic E-state index is 12.3. The molecule has 124 valence electrons. The van der Waals surface area contributed by atoms with Crippen molar-refractivity contribution in [2.45, 2.75) is 13.0 Å². The number of nitrogens with zero attached hydrogens (tertiary/aromatic N) is 3. The highest BCUT2D eigenvalue weighted by molar-refractivity contribution is 5.91. The average molecular weight is 321 g/mol.